The van der Waals surface area contributed by atoms with E-state index in [0.29, 0.717) is 10.9 Å². The average molecular weight is 222 g/mol. The normalized spacial score (nSPS) is 9.85. The Morgan fingerprint density at radius 2 is 2.23 bits per heavy atom. The summed E-state index contributed by atoms with van der Waals surface area (Å²) in [5.74, 6) is 0.0171. The van der Waals surface area contributed by atoms with Gasteiger partial charge in [0.05, 0.1) is 12.4 Å². The molecule has 0 radical (unpaired) electrons. The lowest BCUT2D eigenvalue weighted by molar-refractivity contribution is -0.139. The highest BCUT2D eigenvalue weighted by atomic mass is 32.2. The Morgan fingerprint density at radius 3 is 2.69 bits per heavy atom. The van der Waals surface area contributed by atoms with Gasteiger partial charge < -0.3 is 10.2 Å². The van der Waals surface area contributed by atoms with Crippen LogP contribution in [0.3, 0.4) is 0 Å². The second-order valence-electron chi connectivity index (χ2n) is 2.39. The lowest BCUT2D eigenvalue weighted by Crippen LogP contribution is -2.33. The maximum atomic E-state index is 10.9. The van der Waals surface area contributed by atoms with Crippen molar-refractivity contribution in [3.8, 4) is 0 Å². The van der Waals surface area contributed by atoms with Gasteiger partial charge in [-0.3, -0.25) is 4.79 Å². The first-order valence-electron chi connectivity index (χ1n) is 3.82. The van der Waals surface area contributed by atoms with Crippen LogP contribution in [0.15, 0.2) is 0 Å². The molecule has 13 heavy (non-hydrogen) atoms. The zero-order valence-corrected chi connectivity index (χ0v) is 9.63. The molecule has 0 bridgehead atoms. The number of esters is 1. The molecule has 0 aliphatic rings. The monoisotopic (exact) mass is 222 g/mol. The van der Waals surface area contributed by atoms with E-state index in [0.717, 1.165) is 0 Å². The summed E-state index contributed by atoms with van der Waals surface area (Å²) < 4.78 is 5.30. The molecule has 0 fully saturated rings. The molecule has 1 N–H and O–H groups in total. The molecule has 0 spiro atoms. The lowest BCUT2D eigenvalue weighted by atomic mass is 10.8. The van der Waals surface area contributed by atoms with Crippen molar-refractivity contribution in [2.24, 2.45) is 0 Å². The minimum atomic E-state index is -0.240. The van der Waals surface area contributed by atoms with Crippen LogP contribution in [-0.2, 0) is 9.53 Å². The molecule has 0 heterocycles. The Kier molecular flexibility index (Phi) is 6.93. The Hall–Kier alpha value is -0.330. The molecule has 0 amide bonds. The number of ether oxygens (including phenoxy) is 1. The van der Waals surface area contributed by atoms with Gasteiger partial charge in [-0.05, 0) is 6.92 Å². The second-order valence-corrected chi connectivity index (χ2v) is 4.04. The number of nitrogens with zero attached hydrogens (tertiary/aromatic N) is 1. The predicted molar refractivity (Wildman–Crippen MR) is 58.5 cm³/mol. The van der Waals surface area contributed by atoms with Crippen molar-refractivity contribution in [1.82, 2.24) is 10.4 Å². The molecule has 76 valence electrons. The number of carbonyl (C=O) groups is 1. The van der Waals surface area contributed by atoms with Gasteiger partial charge in [0.15, 0.2) is 0 Å². The average Bonchev–Trinajstić information content (AvgIpc) is 2.00. The van der Waals surface area contributed by atoms with E-state index in [4.69, 9.17) is 17.0 Å². The molecule has 0 aromatic heterocycles. The fourth-order valence-electron chi connectivity index (χ4n) is 0.542. The van der Waals surface area contributed by atoms with E-state index >= 15 is 0 Å². The van der Waals surface area contributed by atoms with E-state index < -0.39 is 0 Å². The molecule has 6 heteroatoms. The van der Waals surface area contributed by atoms with E-state index in [9.17, 15) is 4.79 Å². The van der Waals surface area contributed by atoms with E-state index in [1.807, 2.05) is 14.1 Å². The summed E-state index contributed by atoms with van der Waals surface area (Å²) in [6.07, 6.45) is 0. The number of nitrogens with one attached hydrogen (secondary N) is 1. The van der Waals surface area contributed by atoms with Gasteiger partial charge in [-0.2, -0.15) is 0 Å². The van der Waals surface area contributed by atoms with Crippen molar-refractivity contribution in [3.05, 3.63) is 0 Å². The Bertz CT molecular complexity index is 185. The number of rotatable bonds is 4. The van der Waals surface area contributed by atoms with Crippen LogP contribution in [0.25, 0.3) is 0 Å². The van der Waals surface area contributed by atoms with Crippen molar-refractivity contribution >= 4 is 34.3 Å². The number of hydrogen-bond acceptors (Lipinski definition) is 5. The highest BCUT2D eigenvalue weighted by Gasteiger charge is 2.04. The third kappa shape index (κ3) is 8.01. The summed E-state index contributed by atoms with van der Waals surface area (Å²) in [5, 5.41) is 1.72. The summed E-state index contributed by atoms with van der Waals surface area (Å²) in [7, 11) is 3.66. The van der Waals surface area contributed by atoms with Crippen molar-refractivity contribution in [3.63, 3.8) is 0 Å². The largest absolute Gasteiger partial charge is 0.465 e. The van der Waals surface area contributed by atoms with E-state index in [1.165, 1.54) is 11.8 Å². The van der Waals surface area contributed by atoms with Gasteiger partial charge in [-0.15, -0.1) is 0 Å². The summed E-state index contributed by atoms with van der Waals surface area (Å²) >= 11 is 6.19. The Morgan fingerprint density at radius 1 is 1.62 bits per heavy atom. The molecular weight excluding hydrogens is 208 g/mol. The van der Waals surface area contributed by atoms with Crippen LogP contribution in [0.1, 0.15) is 6.92 Å². The summed E-state index contributed by atoms with van der Waals surface area (Å²) in [4.78, 5) is 10.9. The third-order valence-corrected chi connectivity index (χ3v) is 2.12. The van der Waals surface area contributed by atoms with Crippen molar-refractivity contribution < 1.29 is 9.53 Å². The summed E-state index contributed by atoms with van der Waals surface area (Å²) in [6, 6.07) is 0. The number of hydrogen-bond donors (Lipinski definition) is 1. The highest BCUT2D eigenvalue weighted by molar-refractivity contribution is 8.23. The minimum absolute atomic E-state index is 0.240. The minimum Gasteiger partial charge on any atom is -0.465 e. The van der Waals surface area contributed by atoms with Gasteiger partial charge >= 0.3 is 5.97 Å². The van der Waals surface area contributed by atoms with Crippen LogP contribution < -0.4 is 5.43 Å². The quantitative estimate of drug-likeness (QED) is 0.427. The molecule has 0 saturated heterocycles. The van der Waals surface area contributed by atoms with E-state index in [-0.39, 0.29) is 11.7 Å². The first-order chi connectivity index (χ1) is 6.06. The summed E-state index contributed by atoms with van der Waals surface area (Å²) in [5.41, 5.74) is 2.86. The number of hydrazine groups is 1. The molecule has 0 aliphatic carbocycles. The van der Waals surface area contributed by atoms with Crippen LogP contribution >= 0.6 is 24.0 Å². The SMILES string of the molecule is CCOC(=O)CSC(=S)NN(C)C. The topological polar surface area (TPSA) is 41.6 Å². The first-order valence-corrected chi connectivity index (χ1v) is 5.22. The van der Waals surface area contributed by atoms with E-state index in [1.54, 1.807) is 11.9 Å². The Balaban J connectivity index is 3.52. The second kappa shape index (κ2) is 7.11. The van der Waals surface area contributed by atoms with Crippen molar-refractivity contribution in [2.75, 3.05) is 26.5 Å². The van der Waals surface area contributed by atoms with Crippen LogP contribution in [0.2, 0.25) is 0 Å². The number of thiocarbonyl (C=S) groups is 1. The first kappa shape index (κ1) is 12.7. The molecule has 0 atom stereocenters. The number of carbonyl (C=O) groups excluding carboxylic acids is 1. The van der Waals surface area contributed by atoms with Crippen LogP contribution in [0.4, 0.5) is 0 Å². The van der Waals surface area contributed by atoms with Crippen molar-refractivity contribution in [2.45, 2.75) is 6.92 Å². The van der Waals surface area contributed by atoms with Gasteiger partial charge in [0, 0.05) is 14.1 Å². The highest BCUT2D eigenvalue weighted by Crippen LogP contribution is 2.02. The molecular formula is C7H14N2O2S2. The van der Waals surface area contributed by atoms with Gasteiger partial charge in [0.25, 0.3) is 0 Å². The van der Waals surface area contributed by atoms with Gasteiger partial charge in [-0.1, -0.05) is 24.0 Å². The zero-order chi connectivity index (χ0) is 10.3. The van der Waals surface area contributed by atoms with E-state index in [2.05, 4.69) is 5.43 Å². The molecule has 0 unspecified atom stereocenters. The fraction of sp³-hybridized carbons (Fsp3) is 0.714. The van der Waals surface area contributed by atoms with Crippen LogP contribution in [0, 0.1) is 0 Å². The smallest absolute Gasteiger partial charge is 0.316 e. The molecule has 0 aromatic carbocycles. The van der Waals surface area contributed by atoms with Gasteiger partial charge in [0.2, 0.25) is 0 Å². The number of thioether (sulfide) groups is 1. The Labute approximate surface area is 88.0 Å². The van der Waals surface area contributed by atoms with Crippen LogP contribution in [0.5, 0.6) is 0 Å². The van der Waals surface area contributed by atoms with Gasteiger partial charge in [0.1, 0.15) is 4.32 Å². The maximum absolute atomic E-state index is 10.9. The zero-order valence-electron chi connectivity index (χ0n) is 7.99. The summed E-state index contributed by atoms with van der Waals surface area (Å²) in [6.45, 7) is 2.19. The maximum Gasteiger partial charge on any atom is 0.316 e. The van der Waals surface area contributed by atoms with Crippen molar-refractivity contribution in [1.29, 1.82) is 0 Å². The molecule has 0 aromatic rings. The van der Waals surface area contributed by atoms with Crippen LogP contribution in [-0.4, -0.2) is 41.8 Å². The molecule has 0 rings (SSSR count). The lowest BCUT2D eigenvalue weighted by Gasteiger charge is -2.12. The standard InChI is InChI=1S/C7H14N2O2S2/c1-4-11-6(10)5-13-7(12)8-9(2)3/h4-5H2,1-3H3,(H,8,12). The molecule has 0 aliphatic heterocycles. The molecule has 0 saturated carbocycles. The predicted octanol–water partition coefficient (Wildman–Crippen LogP) is 0.634. The molecule has 4 nitrogen and oxygen atoms in total. The fourth-order valence-corrected chi connectivity index (χ4v) is 1.48. The third-order valence-electron chi connectivity index (χ3n) is 0.941. The van der Waals surface area contributed by atoms with Gasteiger partial charge in [-0.25, -0.2) is 5.01 Å².